The Hall–Kier alpha value is -2.26. The lowest BCUT2D eigenvalue weighted by molar-refractivity contribution is 0.108. The lowest BCUT2D eigenvalue weighted by atomic mass is 10.0. The van der Waals surface area contributed by atoms with Gasteiger partial charge in [0.1, 0.15) is 12.4 Å². The average Bonchev–Trinajstić information content (AvgIpc) is 2.82. The van der Waals surface area contributed by atoms with E-state index in [4.69, 9.17) is 4.74 Å². The summed E-state index contributed by atoms with van der Waals surface area (Å²) in [6, 6.07) is 17.7. The van der Waals surface area contributed by atoms with Crippen LogP contribution in [0.15, 0.2) is 54.6 Å². The standard InChI is InChI=1S/C18H19NO2/c1-13-17(16-9-5-6-10-18(16)19-13)11-14(20)12-21-15-7-3-2-4-8-15/h2-10,14,19-20H,11-12H2,1H3. The Bertz CT molecular complexity index is 718. The molecular weight excluding hydrogens is 262 g/mol. The molecule has 3 aromatic rings. The number of para-hydroxylation sites is 2. The van der Waals surface area contributed by atoms with Crippen LogP contribution in [0.2, 0.25) is 0 Å². The van der Waals surface area contributed by atoms with Gasteiger partial charge < -0.3 is 14.8 Å². The molecule has 0 aliphatic rings. The highest BCUT2D eigenvalue weighted by Crippen LogP contribution is 2.23. The SMILES string of the molecule is Cc1[nH]c2ccccc2c1CC(O)COc1ccccc1. The van der Waals surface area contributed by atoms with E-state index in [2.05, 4.69) is 17.1 Å². The maximum atomic E-state index is 10.2. The van der Waals surface area contributed by atoms with Crippen LogP contribution in [-0.4, -0.2) is 22.8 Å². The minimum Gasteiger partial charge on any atom is -0.491 e. The van der Waals surface area contributed by atoms with Crippen LogP contribution in [0.1, 0.15) is 11.3 Å². The van der Waals surface area contributed by atoms with Crippen molar-refractivity contribution < 1.29 is 9.84 Å². The number of aliphatic hydroxyl groups is 1. The van der Waals surface area contributed by atoms with E-state index in [-0.39, 0.29) is 0 Å². The number of nitrogens with one attached hydrogen (secondary N) is 1. The number of fused-ring (bicyclic) bond motifs is 1. The second kappa shape index (κ2) is 6.02. The number of aromatic amines is 1. The molecular formula is C18H19NO2. The van der Waals surface area contributed by atoms with Crippen molar-refractivity contribution in [1.29, 1.82) is 0 Å². The number of aryl methyl sites for hydroxylation is 1. The zero-order valence-corrected chi connectivity index (χ0v) is 12.0. The minimum absolute atomic E-state index is 0.295. The summed E-state index contributed by atoms with van der Waals surface area (Å²) in [5.74, 6) is 0.784. The fourth-order valence-corrected chi connectivity index (χ4v) is 2.60. The molecule has 1 aromatic heterocycles. The van der Waals surface area contributed by atoms with Crippen molar-refractivity contribution in [3.63, 3.8) is 0 Å². The molecule has 0 saturated carbocycles. The number of aromatic nitrogens is 1. The van der Waals surface area contributed by atoms with Crippen molar-refractivity contribution in [1.82, 2.24) is 4.98 Å². The number of aliphatic hydroxyl groups excluding tert-OH is 1. The van der Waals surface area contributed by atoms with Gasteiger partial charge in [-0.1, -0.05) is 36.4 Å². The minimum atomic E-state index is -0.525. The Morgan fingerprint density at radius 2 is 1.76 bits per heavy atom. The summed E-state index contributed by atoms with van der Waals surface area (Å²) < 4.78 is 5.61. The molecule has 108 valence electrons. The van der Waals surface area contributed by atoms with Gasteiger partial charge in [0.25, 0.3) is 0 Å². The van der Waals surface area contributed by atoms with Gasteiger partial charge in [0.2, 0.25) is 0 Å². The first-order chi connectivity index (χ1) is 10.2. The van der Waals surface area contributed by atoms with Crippen molar-refractivity contribution in [2.75, 3.05) is 6.61 Å². The van der Waals surface area contributed by atoms with Gasteiger partial charge in [-0.15, -0.1) is 0 Å². The van der Waals surface area contributed by atoms with Crippen molar-refractivity contribution in [3.05, 3.63) is 65.9 Å². The van der Waals surface area contributed by atoms with E-state index in [1.165, 1.54) is 5.39 Å². The zero-order chi connectivity index (χ0) is 14.7. The molecule has 1 heterocycles. The molecule has 0 radical (unpaired) electrons. The first-order valence-electron chi connectivity index (χ1n) is 7.16. The number of rotatable bonds is 5. The lowest BCUT2D eigenvalue weighted by Crippen LogP contribution is -2.20. The van der Waals surface area contributed by atoms with E-state index in [0.717, 1.165) is 22.5 Å². The van der Waals surface area contributed by atoms with Crippen LogP contribution in [0, 0.1) is 6.92 Å². The van der Waals surface area contributed by atoms with Crippen LogP contribution >= 0.6 is 0 Å². The third kappa shape index (κ3) is 3.09. The third-order valence-corrected chi connectivity index (χ3v) is 3.65. The molecule has 0 fully saturated rings. The van der Waals surface area contributed by atoms with Crippen LogP contribution in [0.3, 0.4) is 0 Å². The van der Waals surface area contributed by atoms with Gasteiger partial charge in [0, 0.05) is 23.0 Å². The monoisotopic (exact) mass is 281 g/mol. The third-order valence-electron chi connectivity index (χ3n) is 3.65. The zero-order valence-electron chi connectivity index (χ0n) is 12.0. The van der Waals surface area contributed by atoms with E-state index < -0.39 is 6.10 Å². The fourth-order valence-electron chi connectivity index (χ4n) is 2.60. The summed E-state index contributed by atoms with van der Waals surface area (Å²) in [6.07, 6.45) is 0.0611. The lowest BCUT2D eigenvalue weighted by Gasteiger charge is -2.12. The second-order valence-electron chi connectivity index (χ2n) is 5.26. The number of ether oxygens (including phenoxy) is 1. The van der Waals surface area contributed by atoms with Crippen LogP contribution in [0.5, 0.6) is 5.75 Å². The highest BCUT2D eigenvalue weighted by atomic mass is 16.5. The number of hydrogen-bond acceptors (Lipinski definition) is 2. The Balaban J connectivity index is 1.69. The summed E-state index contributed by atoms with van der Waals surface area (Å²) in [5.41, 5.74) is 3.38. The summed E-state index contributed by atoms with van der Waals surface area (Å²) in [6.45, 7) is 2.34. The van der Waals surface area contributed by atoms with E-state index in [1.807, 2.05) is 49.4 Å². The first-order valence-corrected chi connectivity index (χ1v) is 7.16. The molecule has 1 atom stereocenters. The highest BCUT2D eigenvalue weighted by molar-refractivity contribution is 5.84. The van der Waals surface area contributed by atoms with Gasteiger partial charge in [0.05, 0.1) is 6.10 Å². The van der Waals surface area contributed by atoms with Crippen LogP contribution < -0.4 is 4.74 Å². The molecule has 0 saturated heterocycles. The molecule has 3 rings (SSSR count). The normalized spacial score (nSPS) is 12.5. The van der Waals surface area contributed by atoms with Crippen molar-refractivity contribution in [2.45, 2.75) is 19.4 Å². The van der Waals surface area contributed by atoms with E-state index in [1.54, 1.807) is 0 Å². The molecule has 21 heavy (non-hydrogen) atoms. The quantitative estimate of drug-likeness (QED) is 0.752. The van der Waals surface area contributed by atoms with Crippen LogP contribution in [0.4, 0.5) is 0 Å². The Labute approximate surface area is 124 Å². The molecule has 2 N–H and O–H groups in total. The smallest absolute Gasteiger partial charge is 0.119 e. The van der Waals surface area contributed by atoms with Crippen LogP contribution in [0.25, 0.3) is 10.9 Å². The summed E-state index contributed by atoms with van der Waals surface area (Å²) in [5, 5.41) is 11.4. The maximum Gasteiger partial charge on any atom is 0.119 e. The summed E-state index contributed by atoms with van der Waals surface area (Å²) in [7, 11) is 0. The van der Waals surface area contributed by atoms with Gasteiger partial charge in [-0.05, 0) is 30.7 Å². The van der Waals surface area contributed by atoms with E-state index >= 15 is 0 Å². The van der Waals surface area contributed by atoms with Crippen LogP contribution in [-0.2, 0) is 6.42 Å². The molecule has 2 aromatic carbocycles. The van der Waals surface area contributed by atoms with E-state index in [0.29, 0.717) is 13.0 Å². The largest absolute Gasteiger partial charge is 0.491 e. The summed E-state index contributed by atoms with van der Waals surface area (Å²) in [4.78, 5) is 3.35. The second-order valence-corrected chi connectivity index (χ2v) is 5.26. The average molecular weight is 281 g/mol. The van der Waals surface area contributed by atoms with Crippen molar-refractivity contribution >= 4 is 10.9 Å². The van der Waals surface area contributed by atoms with Gasteiger partial charge in [0.15, 0.2) is 0 Å². The fraction of sp³-hybridized carbons (Fsp3) is 0.222. The molecule has 0 aliphatic heterocycles. The first kappa shape index (κ1) is 13.7. The van der Waals surface area contributed by atoms with Gasteiger partial charge in [-0.3, -0.25) is 0 Å². The molecule has 3 heteroatoms. The summed E-state index contributed by atoms with van der Waals surface area (Å²) >= 11 is 0. The van der Waals surface area contributed by atoms with Gasteiger partial charge in [-0.25, -0.2) is 0 Å². The number of H-pyrrole nitrogens is 1. The predicted molar refractivity (Wildman–Crippen MR) is 84.7 cm³/mol. The van der Waals surface area contributed by atoms with E-state index in [9.17, 15) is 5.11 Å². The molecule has 0 amide bonds. The Morgan fingerprint density at radius 1 is 1.05 bits per heavy atom. The molecule has 0 bridgehead atoms. The number of benzene rings is 2. The topological polar surface area (TPSA) is 45.2 Å². The van der Waals surface area contributed by atoms with Gasteiger partial charge >= 0.3 is 0 Å². The molecule has 3 nitrogen and oxygen atoms in total. The van der Waals surface area contributed by atoms with Crippen molar-refractivity contribution in [2.24, 2.45) is 0 Å². The Morgan fingerprint density at radius 3 is 2.57 bits per heavy atom. The number of hydrogen-bond donors (Lipinski definition) is 2. The molecule has 0 spiro atoms. The molecule has 1 unspecified atom stereocenters. The Kier molecular flexibility index (Phi) is 3.93. The molecule has 0 aliphatic carbocycles. The van der Waals surface area contributed by atoms with Crippen molar-refractivity contribution in [3.8, 4) is 5.75 Å². The van der Waals surface area contributed by atoms with Gasteiger partial charge in [-0.2, -0.15) is 0 Å². The highest BCUT2D eigenvalue weighted by Gasteiger charge is 2.13. The maximum absolute atomic E-state index is 10.2. The predicted octanol–water partition coefficient (Wildman–Crippen LogP) is 3.46.